The Balaban J connectivity index is 1.68. The molecule has 0 aliphatic rings. The van der Waals surface area contributed by atoms with Crippen molar-refractivity contribution < 1.29 is 13.9 Å². The molecule has 2 aromatic rings. The lowest BCUT2D eigenvalue weighted by Crippen LogP contribution is -2.09. The molecule has 2 heterocycles. The molecule has 2 unspecified atom stereocenters. The monoisotopic (exact) mass is 499 g/mol. The summed E-state index contributed by atoms with van der Waals surface area (Å²) in [5.41, 5.74) is 1.66. The third-order valence-electron chi connectivity index (χ3n) is 6.03. The Labute approximate surface area is 215 Å². The number of pyridine rings is 1. The lowest BCUT2D eigenvalue weighted by molar-refractivity contribution is 0.123. The van der Waals surface area contributed by atoms with Gasteiger partial charge in [0.2, 0.25) is 11.8 Å². The van der Waals surface area contributed by atoms with E-state index in [4.69, 9.17) is 13.9 Å². The fourth-order valence-electron chi connectivity index (χ4n) is 3.61. The third kappa shape index (κ3) is 13.0. The molecule has 0 bridgehead atoms. The number of ether oxygens (including phenoxy) is 2. The molecule has 2 rings (SSSR count). The molecule has 0 fully saturated rings. The van der Waals surface area contributed by atoms with Crippen LogP contribution in [-0.2, 0) is 4.74 Å². The highest BCUT2D eigenvalue weighted by Gasteiger charge is 2.10. The lowest BCUT2D eigenvalue weighted by atomic mass is 9.95. The first-order valence-electron chi connectivity index (χ1n) is 13.5. The predicted octanol–water partition coefficient (Wildman–Crippen LogP) is 7.17. The van der Waals surface area contributed by atoms with Crippen molar-refractivity contribution in [3.8, 4) is 23.0 Å². The Morgan fingerprint density at radius 1 is 0.800 bits per heavy atom. The maximum absolute atomic E-state index is 5.94. The average Bonchev–Trinajstić information content (AvgIpc) is 2.88. The number of hydrogen-bond donors (Lipinski definition) is 0. The molecule has 2 atom stereocenters. The maximum Gasteiger partial charge on any atom is 0.313 e. The largest absolute Gasteiger partial charge is 0.527 e. The number of unbranched alkanes of at least 4 members (excludes halogenated alkanes) is 3. The Morgan fingerprint density at radius 2 is 1.57 bits per heavy atom. The van der Waals surface area contributed by atoms with Gasteiger partial charge in [-0.3, -0.25) is 4.98 Å². The summed E-state index contributed by atoms with van der Waals surface area (Å²) in [4.78, 5) is 13.4. The van der Waals surface area contributed by atoms with Gasteiger partial charge in [-0.05, 0) is 43.2 Å². The van der Waals surface area contributed by atoms with Crippen molar-refractivity contribution in [2.75, 3.05) is 19.8 Å². The first-order valence-corrected chi connectivity index (χ1v) is 14.6. The normalized spacial score (nSPS) is 12.9. The molecule has 0 spiro atoms. The zero-order chi connectivity index (χ0) is 25.1. The quantitative estimate of drug-likeness (QED) is 0.142. The van der Waals surface area contributed by atoms with E-state index < -0.39 is 0 Å². The average molecular weight is 500 g/mol. The summed E-state index contributed by atoms with van der Waals surface area (Å²) in [6, 6.07) is 4.91. The molecule has 0 saturated heterocycles. The molecule has 0 saturated carbocycles. The Morgan fingerprint density at radius 3 is 2.34 bits per heavy atom. The van der Waals surface area contributed by atoms with Gasteiger partial charge in [0.05, 0.1) is 24.7 Å². The van der Waals surface area contributed by atoms with Crippen molar-refractivity contribution in [3.63, 3.8) is 0 Å². The van der Waals surface area contributed by atoms with E-state index in [0.29, 0.717) is 34.0 Å². The topological polar surface area (TPSA) is 66.4 Å². The van der Waals surface area contributed by atoms with Crippen LogP contribution in [0.2, 0.25) is 6.04 Å². The van der Waals surface area contributed by atoms with Crippen LogP contribution in [0, 0.1) is 11.8 Å². The van der Waals surface area contributed by atoms with Gasteiger partial charge in [0.1, 0.15) is 0 Å². The van der Waals surface area contributed by atoms with Gasteiger partial charge >= 0.3 is 9.76 Å². The van der Waals surface area contributed by atoms with E-state index in [1.54, 1.807) is 18.6 Å². The van der Waals surface area contributed by atoms with E-state index in [1.807, 2.05) is 12.1 Å². The summed E-state index contributed by atoms with van der Waals surface area (Å²) < 4.78 is 17.3. The summed E-state index contributed by atoms with van der Waals surface area (Å²) >= 11 is 0. The molecular weight excluding hydrogens is 454 g/mol. The van der Waals surface area contributed by atoms with Gasteiger partial charge in [0.15, 0.2) is 0 Å². The van der Waals surface area contributed by atoms with Gasteiger partial charge in [0.25, 0.3) is 0 Å². The number of rotatable bonds is 20. The molecule has 0 N–H and O–H groups in total. The first-order chi connectivity index (χ1) is 17.1. The first kappa shape index (κ1) is 29.2. The fraction of sp³-hybridized carbons (Fsp3) is 0.679. The van der Waals surface area contributed by atoms with Crippen LogP contribution in [0.15, 0.2) is 30.7 Å². The van der Waals surface area contributed by atoms with Crippen LogP contribution in [0.1, 0.15) is 85.5 Å². The van der Waals surface area contributed by atoms with Crippen molar-refractivity contribution in [2.45, 2.75) is 91.5 Å². The second-order valence-electron chi connectivity index (χ2n) is 9.53. The van der Waals surface area contributed by atoms with Crippen LogP contribution in [-0.4, -0.2) is 44.5 Å². The van der Waals surface area contributed by atoms with Crippen molar-refractivity contribution in [1.82, 2.24) is 15.0 Å². The van der Waals surface area contributed by atoms with Crippen molar-refractivity contribution >= 4 is 9.76 Å². The Bertz CT molecular complexity index is 791. The number of hydrogen-bond acceptors (Lipinski definition) is 6. The van der Waals surface area contributed by atoms with E-state index in [2.05, 4.69) is 42.6 Å². The highest BCUT2D eigenvalue weighted by Crippen LogP contribution is 2.22. The second kappa shape index (κ2) is 18.3. The molecule has 0 amide bonds. The molecule has 0 aliphatic heterocycles. The van der Waals surface area contributed by atoms with E-state index in [0.717, 1.165) is 55.7 Å². The van der Waals surface area contributed by atoms with Crippen LogP contribution in [0.25, 0.3) is 11.3 Å². The molecule has 6 nitrogen and oxygen atoms in total. The lowest BCUT2D eigenvalue weighted by Gasteiger charge is -2.15. The van der Waals surface area contributed by atoms with Crippen LogP contribution in [0.5, 0.6) is 11.8 Å². The standard InChI is InChI=1S/C28H45N3O3Si/c1-5-7-11-23(3)12-13-24(4)22-35-34-28-21-29-20-26(31-28)25-14-15-27(30-19-25)33-18-10-9-17-32-16-8-6-2/h14-15,19-21,23-24H,5-13,16-18,22H2,1-4H3. The van der Waals surface area contributed by atoms with E-state index in [9.17, 15) is 0 Å². The fourth-order valence-corrected chi connectivity index (χ4v) is 4.43. The van der Waals surface area contributed by atoms with Gasteiger partial charge in [-0.15, -0.1) is 0 Å². The molecule has 35 heavy (non-hydrogen) atoms. The number of nitrogens with zero attached hydrogens (tertiary/aromatic N) is 3. The van der Waals surface area contributed by atoms with Crippen molar-refractivity contribution in [3.05, 3.63) is 30.7 Å². The third-order valence-corrected chi connectivity index (χ3v) is 7.25. The smallest absolute Gasteiger partial charge is 0.313 e. The van der Waals surface area contributed by atoms with Crippen LogP contribution in [0.3, 0.4) is 0 Å². The molecule has 194 valence electrons. The van der Waals surface area contributed by atoms with E-state index >= 15 is 0 Å². The van der Waals surface area contributed by atoms with Gasteiger partial charge in [0, 0.05) is 31.0 Å². The summed E-state index contributed by atoms with van der Waals surface area (Å²) in [7, 11) is 0.398. The van der Waals surface area contributed by atoms with Crippen LogP contribution in [0.4, 0.5) is 0 Å². The zero-order valence-corrected chi connectivity index (χ0v) is 23.3. The molecular formula is C28H45N3O3Si. The summed E-state index contributed by atoms with van der Waals surface area (Å²) in [5.74, 6) is 2.69. The van der Waals surface area contributed by atoms with E-state index in [1.165, 1.54) is 38.5 Å². The van der Waals surface area contributed by atoms with Gasteiger partial charge in [-0.2, -0.15) is 0 Å². The predicted molar refractivity (Wildman–Crippen MR) is 144 cm³/mol. The summed E-state index contributed by atoms with van der Waals surface area (Å²) in [6.07, 6.45) is 16.0. The molecule has 0 aliphatic carbocycles. The highest BCUT2D eigenvalue weighted by molar-refractivity contribution is 6.28. The van der Waals surface area contributed by atoms with Crippen molar-refractivity contribution in [1.29, 1.82) is 0 Å². The molecule has 2 radical (unpaired) electrons. The second-order valence-corrected chi connectivity index (χ2v) is 10.4. The maximum atomic E-state index is 5.94. The Hall–Kier alpha value is -1.99. The SMILES string of the molecule is CCCCOCCCCOc1ccc(-c2cncc(O[Si]CC(C)CCC(C)CCCC)n2)cn1. The summed E-state index contributed by atoms with van der Waals surface area (Å²) in [5, 5.41) is 0. The zero-order valence-electron chi connectivity index (χ0n) is 22.3. The molecule has 2 aromatic heterocycles. The minimum Gasteiger partial charge on any atom is -0.527 e. The molecule has 7 heteroatoms. The van der Waals surface area contributed by atoms with Crippen molar-refractivity contribution in [2.24, 2.45) is 11.8 Å². The minimum atomic E-state index is 0.398. The van der Waals surface area contributed by atoms with Gasteiger partial charge < -0.3 is 13.9 Å². The number of aromatic nitrogens is 3. The van der Waals surface area contributed by atoms with E-state index in [-0.39, 0.29) is 0 Å². The minimum absolute atomic E-state index is 0.398. The highest BCUT2D eigenvalue weighted by atomic mass is 28.2. The van der Waals surface area contributed by atoms with Crippen LogP contribution < -0.4 is 9.16 Å². The summed E-state index contributed by atoms with van der Waals surface area (Å²) in [6.45, 7) is 11.4. The van der Waals surface area contributed by atoms with Gasteiger partial charge in [-0.1, -0.05) is 66.2 Å². The molecule has 0 aromatic carbocycles. The Kier molecular flexibility index (Phi) is 15.3. The van der Waals surface area contributed by atoms with Crippen LogP contribution >= 0.6 is 0 Å². The van der Waals surface area contributed by atoms with Gasteiger partial charge in [-0.25, -0.2) is 9.97 Å².